The van der Waals surface area contributed by atoms with E-state index >= 15 is 0 Å². The second-order valence-corrected chi connectivity index (χ2v) is 7.12. The maximum Gasteiger partial charge on any atom is 0.262 e. The molecule has 0 unspecified atom stereocenters. The van der Waals surface area contributed by atoms with Crippen molar-refractivity contribution in [1.82, 2.24) is 4.98 Å². The Morgan fingerprint density at radius 2 is 1.78 bits per heavy atom. The minimum absolute atomic E-state index is 0.0515. The number of hydrogen-bond donors (Lipinski definition) is 1. The lowest BCUT2D eigenvalue weighted by molar-refractivity contribution is 0.599. The fourth-order valence-corrected chi connectivity index (χ4v) is 3.78. The quantitative estimate of drug-likeness (QED) is 0.739. The number of fused-ring (bicyclic) bond motifs is 1. The van der Waals surface area contributed by atoms with Crippen molar-refractivity contribution in [2.24, 2.45) is 0 Å². The molecule has 0 spiro atoms. The van der Waals surface area contributed by atoms with Crippen molar-refractivity contribution in [2.75, 3.05) is 4.72 Å². The summed E-state index contributed by atoms with van der Waals surface area (Å²) in [6.45, 7) is 0. The van der Waals surface area contributed by atoms with E-state index in [1.54, 1.807) is 12.1 Å². The number of sulfonamides is 1. The Morgan fingerprint density at radius 3 is 2.57 bits per heavy atom. The van der Waals surface area contributed by atoms with Gasteiger partial charge in [0.15, 0.2) is 5.82 Å². The van der Waals surface area contributed by atoms with Gasteiger partial charge in [0.05, 0.1) is 26.1 Å². The second kappa shape index (κ2) is 5.96. The summed E-state index contributed by atoms with van der Waals surface area (Å²) in [6.07, 6.45) is 1.51. The number of pyridine rings is 1. The van der Waals surface area contributed by atoms with E-state index in [0.717, 1.165) is 0 Å². The summed E-state index contributed by atoms with van der Waals surface area (Å²) >= 11 is 11.7. The van der Waals surface area contributed by atoms with Gasteiger partial charge in [-0.05, 0) is 36.4 Å². The molecule has 8 heteroatoms. The summed E-state index contributed by atoms with van der Waals surface area (Å²) in [4.78, 5) is 4.02. The first kappa shape index (κ1) is 16.0. The first-order valence-electron chi connectivity index (χ1n) is 6.40. The van der Waals surface area contributed by atoms with Crippen molar-refractivity contribution < 1.29 is 12.8 Å². The van der Waals surface area contributed by atoms with Gasteiger partial charge >= 0.3 is 0 Å². The molecule has 3 aromatic rings. The Balaban J connectivity index is 2.14. The number of halogens is 3. The van der Waals surface area contributed by atoms with Crippen LogP contribution < -0.4 is 4.72 Å². The van der Waals surface area contributed by atoms with E-state index in [9.17, 15) is 12.8 Å². The highest BCUT2D eigenvalue weighted by Crippen LogP contribution is 2.30. The number of rotatable bonds is 3. The largest absolute Gasteiger partial charge is 0.277 e. The van der Waals surface area contributed by atoms with Gasteiger partial charge in [0.25, 0.3) is 10.0 Å². The predicted octanol–water partition coefficient (Wildman–Crippen LogP) is 4.48. The molecule has 1 aromatic heterocycles. The monoisotopic (exact) mass is 370 g/mol. The zero-order valence-electron chi connectivity index (χ0n) is 11.4. The molecule has 3 rings (SSSR count). The molecule has 118 valence electrons. The molecule has 0 bridgehead atoms. The molecule has 1 heterocycles. The lowest BCUT2D eigenvalue weighted by Gasteiger charge is -2.12. The Bertz CT molecular complexity index is 1010. The van der Waals surface area contributed by atoms with E-state index in [-0.39, 0.29) is 15.6 Å². The van der Waals surface area contributed by atoms with Crippen molar-refractivity contribution in [3.05, 3.63) is 64.5 Å². The maximum absolute atomic E-state index is 13.9. The minimum atomic E-state index is -4.04. The van der Waals surface area contributed by atoms with Crippen LogP contribution in [-0.2, 0) is 10.0 Å². The molecule has 0 aliphatic rings. The molecular weight excluding hydrogens is 362 g/mol. The van der Waals surface area contributed by atoms with Crippen LogP contribution in [0.5, 0.6) is 0 Å². The number of nitrogens with one attached hydrogen (secondary N) is 1. The first-order valence-corrected chi connectivity index (χ1v) is 8.64. The second-order valence-electron chi connectivity index (χ2n) is 4.65. The molecular formula is C15H9Cl2FN2O2S. The zero-order chi connectivity index (χ0) is 16.6. The topological polar surface area (TPSA) is 59.1 Å². The van der Waals surface area contributed by atoms with Crippen molar-refractivity contribution in [3.63, 3.8) is 0 Å². The van der Waals surface area contributed by atoms with Crippen LogP contribution in [0.15, 0.2) is 53.6 Å². The number of benzene rings is 2. The van der Waals surface area contributed by atoms with E-state index in [2.05, 4.69) is 9.71 Å². The molecule has 0 saturated carbocycles. The van der Waals surface area contributed by atoms with E-state index in [1.807, 2.05) is 0 Å². The van der Waals surface area contributed by atoms with Gasteiger partial charge in [-0.1, -0.05) is 29.3 Å². The Hall–Kier alpha value is -1.89. The third kappa shape index (κ3) is 2.97. The van der Waals surface area contributed by atoms with Gasteiger partial charge in [0, 0.05) is 11.6 Å². The van der Waals surface area contributed by atoms with Gasteiger partial charge in [0.1, 0.15) is 0 Å². The van der Waals surface area contributed by atoms with E-state index < -0.39 is 15.8 Å². The molecule has 0 amide bonds. The van der Waals surface area contributed by atoms with Gasteiger partial charge in [-0.2, -0.15) is 0 Å². The molecule has 2 aromatic carbocycles. The molecule has 0 atom stereocenters. The molecule has 4 nitrogen and oxygen atoms in total. The Morgan fingerprint density at radius 1 is 1.00 bits per heavy atom. The minimum Gasteiger partial charge on any atom is -0.277 e. The number of hydrogen-bond acceptors (Lipinski definition) is 3. The summed E-state index contributed by atoms with van der Waals surface area (Å²) in [7, 11) is -4.04. The fourth-order valence-electron chi connectivity index (χ4n) is 2.13. The van der Waals surface area contributed by atoms with Crippen molar-refractivity contribution in [1.29, 1.82) is 0 Å². The average molecular weight is 371 g/mol. The third-order valence-corrected chi connectivity index (χ3v) is 5.19. The van der Waals surface area contributed by atoms with Crippen molar-refractivity contribution >= 4 is 49.8 Å². The predicted molar refractivity (Wildman–Crippen MR) is 89.0 cm³/mol. The van der Waals surface area contributed by atoms with Crippen molar-refractivity contribution in [3.8, 4) is 0 Å². The summed E-state index contributed by atoms with van der Waals surface area (Å²) < 4.78 is 41.3. The normalized spacial score (nSPS) is 11.6. The zero-order valence-corrected chi connectivity index (χ0v) is 13.8. The number of aromatic nitrogens is 1. The molecule has 0 fully saturated rings. The van der Waals surface area contributed by atoms with Gasteiger partial charge in [-0.3, -0.25) is 9.71 Å². The van der Waals surface area contributed by atoms with Crippen LogP contribution in [0.2, 0.25) is 10.0 Å². The van der Waals surface area contributed by atoms with Crippen LogP contribution in [0.25, 0.3) is 10.9 Å². The molecule has 0 saturated heterocycles. The third-order valence-electron chi connectivity index (χ3n) is 3.17. The van der Waals surface area contributed by atoms with E-state index in [4.69, 9.17) is 23.2 Å². The highest BCUT2D eigenvalue weighted by molar-refractivity contribution is 7.93. The van der Waals surface area contributed by atoms with E-state index in [0.29, 0.717) is 15.9 Å². The van der Waals surface area contributed by atoms with Gasteiger partial charge in [-0.25, -0.2) is 12.8 Å². The lowest BCUT2D eigenvalue weighted by atomic mass is 10.2. The summed E-state index contributed by atoms with van der Waals surface area (Å²) in [5.74, 6) is -0.839. The Kier molecular flexibility index (Phi) is 4.14. The standard InChI is InChI=1S/C15H9Cl2FN2O2S/c16-10-4-1-5-12(14(10)18)20-23(21,22)13-7-6-11(17)15-9(13)3-2-8-19-15/h1-8,20H. The van der Waals surface area contributed by atoms with Crippen LogP contribution in [0.4, 0.5) is 10.1 Å². The molecule has 23 heavy (non-hydrogen) atoms. The van der Waals surface area contributed by atoms with Gasteiger partial charge in [0.2, 0.25) is 0 Å². The number of nitrogens with zero attached hydrogens (tertiary/aromatic N) is 1. The smallest absolute Gasteiger partial charge is 0.262 e. The highest BCUT2D eigenvalue weighted by Gasteiger charge is 2.21. The van der Waals surface area contributed by atoms with Gasteiger partial charge < -0.3 is 0 Å². The SMILES string of the molecule is O=S(=O)(Nc1cccc(Cl)c1F)c1ccc(Cl)c2ncccc12. The van der Waals surface area contributed by atoms with Crippen LogP contribution in [-0.4, -0.2) is 13.4 Å². The van der Waals surface area contributed by atoms with Crippen molar-refractivity contribution in [2.45, 2.75) is 4.90 Å². The average Bonchev–Trinajstić information content (AvgIpc) is 2.52. The highest BCUT2D eigenvalue weighted by atomic mass is 35.5. The van der Waals surface area contributed by atoms with Gasteiger partial charge in [-0.15, -0.1) is 0 Å². The first-order chi connectivity index (χ1) is 10.9. The Labute approximate surface area is 141 Å². The summed E-state index contributed by atoms with van der Waals surface area (Å²) in [6, 6.07) is 10.0. The summed E-state index contributed by atoms with van der Waals surface area (Å²) in [5.41, 5.74) is 0.119. The molecule has 1 N–H and O–H groups in total. The maximum atomic E-state index is 13.9. The molecule has 0 aliphatic heterocycles. The van der Waals surface area contributed by atoms with Crippen LogP contribution in [0.1, 0.15) is 0 Å². The molecule has 0 radical (unpaired) electrons. The fraction of sp³-hybridized carbons (Fsp3) is 0. The lowest BCUT2D eigenvalue weighted by Crippen LogP contribution is -2.14. The van der Waals surface area contributed by atoms with Crippen LogP contribution in [0.3, 0.4) is 0 Å². The number of anilines is 1. The summed E-state index contributed by atoms with van der Waals surface area (Å²) in [5, 5.41) is 0.497. The molecule has 0 aliphatic carbocycles. The van der Waals surface area contributed by atoms with Crippen LogP contribution >= 0.6 is 23.2 Å². The van der Waals surface area contributed by atoms with Crippen LogP contribution in [0, 0.1) is 5.82 Å². The van der Waals surface area contributed by atoms with E-state index in [1.165, 1.54) is 36.5 Å².